The molecule has 0 aliphatic heterocycles. The summed E-state index contributed by atoms with van der Waals surface area (Å²) in [6.45, 7) is -1.74. The molecule has 20 heteroatoms. The van der Waals surface area contributed by atoms with Gasteiger partial charge in [-0.3, -0.25) is 38.5 Å². The van der Waals surface area contributed by atoms with Crippen LogP contribution in [0.4, 0.5) is 0 Å². The number of aromatic hydroxyl groups is 1. The van der Waals surface area contributed by atoms with E-state index in [1.54, 1.807) is 30.3 Å². The van der Waals surface area contributed by atoms with Crippen LogP contribution in [0.1, 0.15) is 34.6 Å². The van der Waals surface area contributed by atoms with Crippen molar-refractivity contribution in [2.24, 2.45) is 0 Å². The molecule has 290 valence electrons. The Kier molecular flexibility index (Phi) is 13.5. The van der Waals surface area contributed by atoms with Crippen molar-refractivity contribution in [2.75, 3.05) is 54.6 Å². The largest absolute Gasteiger partial charge is 0.506 e. The van der Waals surface area contributed by atoms with Gasteiger partial charge in [0.05, 0.1) is 65.0 Å². The van der Waals surface area contributed by atoms with Crippen LogP contribution in [0.5, 0.6) is 23.0 Å². The van der Waals surface area contributed by atoms with E-state index in [0.29, 0.717) is 0 Å². The molecular weight excluding hydrogens is 753 g/mol. The van der Waals surface area contributed by atoms with E-state index in [2.05, 4.69) is 9.97 Å². The Morgan fingerprint density at radius 1 is 0.704 bits per heavy atom. The highest BCUT2D eigenvalue weighted by molar-refractivity contribution is 7.86. The molecule has 2 heterocycles. The number of carbonyl (C=O) groups is 2. The summed E-state index contributed by atoms with van der Waals surface area (Å²) in [4.78, 5) is 35.5. The van der Waals surface area contributed by atoms with Gasteiger partial charge in [-0.2, -0.15) is 16.8 Å². The van der Waals surface area contributed by atoms with E-state index in [-0.39, 0.29) is 52.9 Å². The fourth-order valence-electron chi connectivity index (χ4n) is 5.88. The standard InChI is InChI=1S/C34H38N4O14S2/c1-49-21-15-23(33(42)27(17-21)53(43,44)45)31(25-9-5-7-11-35-25)38(20-30(41)51-3)14-13-37(19-29(39)40)32(26-10-6-8-12-36-26)24-16-22(50-2)18-28(34(24)52-4)54(46,47)48/h5-12,15-18,31-32,42H,13-14,19-20H2,1-4H3,(H,39,40)(H,43,44,45)(H,46,47,48)/t31-,32?/m0/s1. The molecule has 0 bridgehead atoms. The van der Waals surface area contributed by atoms with E-state index in [9.17, 15) is 45.7 Å². The number of aromatic nitrogens is 2. The molecule has 0 spiro atoms. The van der Waals surface area contributed by atoms with E-state index in [0.717, 1.165) is 26.4 Å². The average molecular weight is 791 g/mol. The molecule has 4 aromatic rings. The van der Waals surface area contributed by atoms with Crippen molar-refractivity contribution in [1.82, 2.24) is 19.8 Å². The zero-order valence-corrected chi connectivity index (χ0v) is 31.0. The molecule has 0 aliphatic carbocycles. The van der Waals surface area contributed by atoms with Gasteiger partial charge in [0.1, 0.15) is 32.8 Å². The molecule has 2 aromatic heterocycles. The number of aliphatic carboxylic acids is 1. The number of hydrogen-bond acceptors (Lipinski definition) is 15. The number of ether oxygens (including phenoxy) is 4. The quantitative estimate of drug-likeness (QED) is 0.0834. The SMILES string of the molecule is COC(=O)CN(CCN(CC(=O)O)C(c1ccccn1)c1cc(OC)cc(S(=O)(=O)O)c1OC)[C@H](c1ccccn1)c1cc(OC)cc(S(=O)(=O)O)c1O. The van der Waals surface area contributed by atoms with Crippen LogP contribution in [0.2, 0.25) is 0 Å². The molecule has 4 rings (SSSR count). The van der Waals surface area contributed by atoms with Crippen molar-refractivity contribution in [3.05, 3.63) is 95.6 Å². The Labute approximate surface area is 311 Å². The number of phenolic OH excluding ortho intramolecular Hbond substituents is 1. The molecule has 2 aromatic carbocycles. The monoisotopic (exact) mass is 790 g/mol. The van der Waals surface area contributed by atoms with Crippen molar-refractivity contribution in [2.45, 2.75) is 21.9 Å². The van der Waals surface area contributed by atoms with E-state index in [4.69, 9.17) is 18.9 Å². The zero-order chi connectivity index (χ0) is 39.8. The van der Waals surface area contributed by atoms with E-state index >= 15 is 0 Å². The molecule has 0 amide bonds. The summed E-state index contributed by atoms with van der Waals surface area (Å²) in [6, 6.07) is 11.6. The lowest BCUT2D eigenvalue weighted by Crippen LogP contribution is -2.44. The first-order valence-corrected chi connectivity index (χ1v) is 18.6. The number of carboxylic acid groups (broad SMARTS) is 1. The maximum absolute atomic E-state index is 13.0. The zero-order valence-electron chi connectivity index (χ0n) is 29.4. The van der Waals surface area contributed by atoms with Gasteiger partial charge in [0, 0.05) is 48.7 Å². The lowest BCUT2D eigenvalue weighted by atomic mass is 9.98. The number of phenols is 1. The first kappa shape index (κ1) is 41.4. The highest BCUT2D eigenvalue weighted by Crippen LogP contribution is 2.42. The van der Waals surface area contributed by atoms with Crippen molar-refractivity contribution < 1.29 is 64.7 Å². The van der Waals surface area contributed by atoms with Crippen LogP contribution in [0.15, 0.2) is 82.8 Å². The predicted octanol–water partition coefficient (Wildman–Crippen LogP) is 2.44. The van der Waals surface area contributed by atoms with E-state index in [1.807, 2.05) is 0 Å². The number of esters is 1. The van der Waals surface area contributed by atoms with Crippen LogP contribution < -0.4 is 14.2 Å². The minimum absolute atomic E-state index is 0.0275. The fraction of sp³-hybridized carbons (Fsp3) is 0.294. The summed E-state index contributed by atoms with van der Waals surface area (Å²) >= 11 is 0. The third-order valence-electron chi connectivity index (χ3n) is 8.19. The number of rotatable bonds is 18. The van der Waals surface area contributed by atoms with Gasteiger partial charge in [-0.15, -0.1) is 0 Å². The van der Waals surface area contributed by atoms with Gasteiger partial charge in [-0.05, 0) is 36.4 Å². The number of nitrogens with zero attached hydrogens (tertiary/aromatic N) is 4. The minimum atomic E-state index is -5.02. The maximum Gasteiger partial charge on any atom is 0.319 e. The summed E-state index contributed by atoms with van der Waals surface area (Å²) < 4.78 is 91.0. The molecule has 0 saturated carbocycles. The molecule has 54 heavy (non-hydrogen) atoms. The second-order valence-corrected chi connectivity index (χ2v) is 14.3. The maximum atomic E-state index is 13.0. The molecule has 0 fully saturated rings. The number of carboxylic acids is 1. The normalized spacial score (nSPS) is 13.0. The van der Waals surface area contributed by atoms with Gasteiger partial charge < -0.3 is 29.2 Å². The summed E-state index contributed by atoms with van der Waals surface area (Å²) in [5.41, 5.74) is 0.275. The van der Waals surface area contributed by atoms with Crippen LogP contribution in [-0.2, 0) is 34.6 Å². The van der Waals surface area contributed by atoms with Crippen LogP contribution in [0.25, 0.3) is 0 Å². The smallest absolute Gasteiger partial charge is 0.319 e. The number of methoxy groups -OCH3 is 4. The van der Waals surface area contributed by atoms with Crippen LogP contribution in [0, 0.1) is 0 Å². The molecule has 2 atom stereocenters. The average Bonchev–Trinajstić information content (AvgIpc) is 3.13. The highest BCUT2D eigenvalue weighted by Gasteiger charge is 2.36. The lowest BCUT2D eigenvalue weighted by molar-refractivity contribution is -0.143. The molecule has 18 nitrogen and oxygen atoms in total. The predicted molar refractivity (Wildman–Crippen MR) is 189 cm³/mol. The van der Waals surface area contributed by atoms with Crippen molar-refractivity contribution >= 4 is 32.2 Å². The Morgan fingerprint density at radius 3 is 1.61 bits per heavy atom. The van der Waals surface area contributed by atoms with Crippen molar-refractivity contribution in [1.29, 1.82) is 0 Å². The van der Waals surface area contributed by atoms with E-state index in [1.165, 1.54) is 54.6 Å². The number of carbonyl (C=O) groups excluding carboxylic acids is 1. The second-order valence-electron chi connectivity index (χ2n) is 11.5. The van der Waals surface area contributed by atoms with Gasteiger partial charge in [0.2, 0.25) is 0 Å². The van der Waals surface area contributed by atoms with Crippen LogP contribution in [-0.4, -0.2) is 122 Å². The van der Waals surface area contributed by atoms with Crippen LogP contribution in [0.3, 0.4) is 0 Å². The first-order chi connectivity index (χ1) is 25.5. The first-order valence-electron chi connectivity index (χ1n) is 15.7. The van der Waals surface area contributed by atoms with Crippen LogP contribution >= 0.6 is 0 Å². The molecule has 4 N–H and O–H groups in total. The van der Waals surface area contributed by atoms with E-state index < -0.39 is 72.9 Å². The summed E-state index contributed by atoms with van der Waals surface area (Å²) in [7, 11) is -5.17. The molecule has 0 saturated heterocycles. The lowest BCUT2D eigenvalue weighted by Gasteiger charge is -2.36. The molecule has 1 unspecified atom stereocenters. The molecule has 0 aliphatic rings. The summed E-state index contributed by atoms with van der Waals surface area (Å²) in [5, 5.41) is 21.5. The highest BCUT2D eigenvalue weighted by atomic mass is 32.2. The Balaban J connectivity index is 1.98. The van der Waals surface area contributed by atoms with Gasteiger partial charge in [-0.1, -0.05) is 12.1 Å². The second kappa shape index (κ2) is 17.6. The van der Waals surface area contributed by atoms with Gasteiger partial charge in [0.15, 0.2) is 0 Å². The van der Waals surface area contributed by atoms with Gasteiger partial charge in [0.25, 0.3) is 20.2 Å². The van der Waals surface area contributed by atoms with Crippen molar-refractivity contribution in [3.8, 4) is 23.0 Å². The number of benzene rings is 2. The molecule has 0 radical (unpaired) electrons. The fourth-order valence-corrected chi connectivity index (χ4v) is 7.20. The topological polar surface area (TPSA) is 253 Å². The molecular formula is C34H38N4O14S2. The number of hydrogen-bond donors (Lipinski definition) is 4. The van der Waals surface area contributed by atoms with Crippen molar-refractivity contribution in [3.63, 3.8) is 0 Å². The Bertz CT molecular complexity index is 2170. The Morgan fingerprint density at radius 2 is 1.19 bits per heavy atom. The summed E-state index contributed by atoms with van der Waals surface area (Å²) in [6.07, 6.45) is 2.84. The third kappa shape index (κ3) is 9.78. The van der Waals surface area contributed by atoms with Gasteiger partial charge in [-0.25, -0.2) is 0 Å². The minimum Gasteiger partial charge on any atom is -0.506 e. The Hall–Kier alpha value is -5.38. The summed E-state index contributed by atoms with van der Waals surface area (Å²) in [5.74, 6) is -3.43. The van der Waals surface area contributed by atoms with Gasteiger partial charge >= 0.3 is 11.9 Å². The number of pyridine rings is 2. The third-order valence-corrected chi connectivity index (χ3v) is 9.92.